The zero-order valence-electron chi connectivity index (χ0n) is 14.0. The maximum absolute atomic E-state index is 14.5. The van der Waals surface area contributed by atoms with Gasteiger partial charge < -0.3 is 5.73 Å². The Kier molecular flexibility index (Phi) is 5.29. The summed E-state index contributed by atoms with van der Waals surface area (Å²) in [4.78, 5) is 23.0. The molecule has 1 saturated carbocycles. The Balaban J connectivity index is 2.41. The fraction of sp³-hybridized carbons (Fsp3) is 0.500. The highest BCUT2D eigenvalue weighted by Gasteiger charge is 2.51. The minimum Gasteiger partial charge on any atom is -0.369 e. The average molecular weight is 374 g/mol. The zero-order chi connectivity index (χ0) is 19.0. The summed E-state index contributed by atoms with van der Waals surface area (Å²) in [7, 11) is -3.58. The van der Waals surface area contributed by atoms with Gasteiger partial charge >= 0.3 is 0 Å². The van der Waals surface area contributed by atoms with Gasteiger partial charge in [-0.1, -0.05) is 6.92 Å². The van der Waals surface area contributed by atoms with Crippen molar-refractivity contribution in [3.8, 4) is 0 Å². The molecule has 1 fully saturated rings. The van der Waals surface area contributed by atoms with E-state index in [-0.39, 0.29) is 42.8 Å². The van der Waals surface area contributed by atoms with Gasteiger partial charge in [-0.2, -0.15) is 4.31 Å². The van der Waals surface area contributed by atoms with Gasteiger partial charge in [0.15, 0.2) is 0 Å². The summed E-state index contributed by atoms with van der Waals surface area (Å²) < 4.78 is 53.5. The number of nitrogens with zero attached hydrogens (tertiary/aromatic N) is 1. The molecular weight excluding hydrogens is 354 g/mol. The number of ketones is 1. The molecular formula is C16H20F2N2O4S. The van der Waals surface area contributed by atoms with Crippen LogP contribution in [0.5, 0.6) is 0 Å². The quantitative estimate of drug-likeness (QED) is 0.776. The summed E-state index contributed by atoms with van der Waals surface area (Å²) in [6, 6.07) is 1.71. The molecule has 1 aliphatic rings. The topological polar surface area (TPSA) is 97.5 Å². The van der Waals surface area contributed by atoms with Crippen molar-refractivity contribution in [1.82, 2.24) is 4.31 Å². The number of hydrogen-bond donors (Lipinski definition) is 1. The van der Waals surface area contributed by atoms with Crippen molar-refractivity contribution >= 4 is 21.7 Å². The molecule has 0 spiro atoms. The number of hydrogen-bond acceptors (Lipinski definition) is 4. The summed E-state index contributed by atoms with van der Waals surface area (Å²) >= 11 is 0. The molecule has 0 atom stereocenters. The van der Waals surface area contributed by atoms with Gasteiger partial charge in [-0.25, -0.2) is 17.2 Å². The van der Waals surface area contributed by atoms with Crippen LogP contribution in [-0.2, 0) is 31.6 Å². The van der Waals surface area contributed by atoms with Gasteiger partial charge in [0.2, 0.25) is 15.9 Å². The average Bonchev–Trinajstić information content (AvgIpc) is 2.45. The number of benzene rings is 1. The number of rotatable bonds is 7. The number of carbonyl (C=O) groups excluding carboxylic acids is 2. The summed E-state index contributed by atoms with van der Waals surface area (Å²) in [5.41, 5.74) is 3.36. The predicted molar refractivity (Wildman–Crippen MR) is 87.0 cm³/mol. The van der Waals surface area contributed by atoms with E-state index in [9.17, 15) is 26.8 Å². The van der Waals surface area contributed by atoms with Crippen LogP contribution >= 0.6 is 0 Å². The van der Waals surface area contributed by atoms with Crippen LogP contribution in [0.1, 0.15) is 37.3 Å². The first-order chi connectivity index (χ1) is 11.5. The second-order valence-electron chi connectivity index (χ2n) is 6.36. The predicted octanol–water partition coefficient (Wildman–Crippen LogP) is 1.22. The molecule has 2 rings (SSSR count). The van der Waals surface area contributed by atoms with Crippen LogP contribution in [0.15, 0.2) is 12.1 Å². The lowest BCUT2D eigenvalue weighted by Crippen LogP contribution is -2.52. The van der Waals surface area contributed by atoms with E-state index in [1.54, 1.807) is 6.92 Å². The molecule has 9 heteroatoms. The zero-order valence-corrected chi connectivity index (χ0v) is 14.8. The maximum Gasteiger partial charge on any atom is 0.229 e. The van der Waals surface area contributed by atoms with Crippen LogP contribution in [0.25, 0.3) is 0 Å². The summed E-state index contributed by atoms with van der Waals surface area (Å²) in [6.07, 6.45) is 0.988. The molecule has 0 unspecified atom stereocenters. The largest absolute Gasteiger partial charge is 0.369 e. The molecule has 1 aromatic carbocycles. The Labute approximate surface area is 145 Å². The molecule has 0 aliphatic heterocycles. The van der Waals surface area contributed by atoms with E-state index in [4.69, 9.17) is 5.73 Å². The maximum atomic E-state index is 14.5. The highest BCUT2D eigenvalue weighted by Crippen LogP contribution is 2.42. The van der Waals surface area contributed by atoms with Crippen molar-refractivity contribution in [2.45, 2.75) is 38.1 Å². The van der Waals surface area contributed by atoms with Crippen LogP contribution < -0.4 is 5.73 Å². The molecule has 1 aliphatic carbocycles. The molecule has 0 aromatic heterocycles. The number of sulfonamides is 1. The minimum absolute atomic E-state index is 0.148. The van der Waals surface area contributed by atoms with Crippen molar-refractivity contribution in [3.05, 3.63) is 34.9 Å². The van der Waals surface area contributed by atoms with Gasteiger partial charge in [0.1, 0.15) is 17.4 Å². The standard InChI is InChI=1S/C16H20F2N2O4S/c1-3-4-20(25(2,23)24)9-10-5-14(18)12(6-13(10)17)16(15(19)22)7-11(21)8-16/h5-6H,3-4,7-9H2,1-2H3,(H2,19,22). The van der Waals surface area contributed by atoms with Crippen molar-refractivity contribution in [2.24, 2.45) is 5.73 Å². The molecule has 2 N–H and O–H groups in total. The lowest BCUT2D eigenvalue weighted by molar-refractivity contribution is -0.139. The third-order valence-electron chi connectivity index (χ3n) is 4.41. The van der Waals surface area contributed by atoms with Crippen molar-refractivity contribution in [1.29, 1.82) is 0 Å². The number of amides is 1. The van der Waals surface area contributed by atoms with Gasteiger partial charge in [0.25, 0.3) is 0 Å². The van der Waals surface area contributed by atoms with Crippen LogP contribution in [0, 0.1) is 11.6 Å². The van der Waals surface area contributed by atoms with Gasteiger partial charge in [-0.15, -0.1) is 0 Å². The third-order valence-corrected chi connectivity index (χ3v) is 5.66. The lowest BCUT2D eigenvalue weighted by atomic mass is 9.63. The molecule has 0 radical (unpaired) electrons. The van der Waals surface area contributed by atoms with Crippen molar-refractivity contribution in [2.75, 3.05) is 12.8 Å². The number of nitrogens with two attached hydrogens (primary N) is 1. The number of primary amides is 1. The highest BCUT2D eigenvalue weighted by molar-refractivity contribution is 7.88. The van der Waals surface area contributed by atoms with Crippen LogP contribution in [0.4, 0.5) is 8.78 Å². The monoisotopic (exact) mass is 374 g/mol. The van der Waals surface area contributed by atoms with E-state index in [2.05, 4.69) is 0 Å². The van der Waals surface area contributed by atoms with Crippen molar-refractivity contribution in [3.63, 3.8) is 0 Å². The van der Waals surface area contributed by atoms with E-state index in [1.807, 2.05) is 0 Å². The molecule has 1 amide bonds. The third kappa shape index (κ3) is 3.72. The lowest BCUT2D eigenvalue weighted by Gasteiger charge is -2.38. The highest BCUT2D eigenvalue weighted by atomic mass is 32.2. The van der Waals surface area contributed by atoms with E-state index < -0.39 is 33.0 Å². The first-order valence-electron chi connectivity index (χ1n) is 7.76. The fourth-order valence-corrected chi connectivity index (χ4v) is 3.88. The number of carbonyl (C=O) groups is 2. The molecule has 138 valence electrons. The van der Waals surface area contributed by atoms with Gasteiger partial charge in [0.05, 0.1) is 11.7 Å². The molecule has 25 heavy (non-hydrogen) atoms. The first-order valence-corrected chi connectivity index (χ1v) is 9.61. The van der Waals surface area contributed by atoms with Gasteiger partial charge in [0, 0.05) is 37.1 Å². The SMILES string of the molecule is CCCN(Cc1cc(F)c(C2(C(N)=O)CC(=O)C2)cc1F)S(C)(=O)=O. The van der Waals surface area contributed by atoms with Crippen molar-refractivity contribution < 1.29 is 26.8 Å². The second kappa shape index (κ2) is 6.80. The molecule has 0 saturated heterocycles. The second-order valence-corrected chi connectivity index (χ2v) is 8.34. The Bertz CT molecular complexity index is 816. The van der Waals surface area contributed by atoms with Crippen LogP contribution in [0.2, 0.25) is 0 Å². The number of Topliss-reactive ketones (excluding diaryl/α,β-unsaturated/α-hetero) is 1. The summed E-state index contributed by atoms with van der Waals surface area (Å²) in [6.45, 7) is 1.61. The van der Waals surface area contributed by atoms with Crippen LogP contribution in [0.3, 0.4) is 0 Å². The van der Waals surface area contributed by atoms with Gasteiger partial charge in [-0.3, -0.25) is 9.59 Å². The van der Waals surface area contributed by atoms with Crippen LogP contribution in [-0.4, -0.2) is 37.2 Å². The Morgan fingerprint density at radius 2 is 1.88 bits per heavy atom. The summed E-state index contributed by atoms with van der Waals surface area (Å²) in [5, 5.41) is 0. The number of halogens is 2. The first kappa shape index (κ1) is 19.5. The smallest absolute Gasteiger partial charge is 0.229 e. The summed E-state index contributed by atoms with van der Waals surface area (Å²) in [5.74, 6) is -2.87. The van der Waals surface area contributed by atoms with E-state index in [0.29, 0.717) is 6.42 Å². The van der Waals surface area contributed by atoms with E-state index in [1.165, 1.54) is 0 Å². The molecule has 0 bridgehead atoms. The molecule has 6 nitrogen and oxygen atoms in total. The molecule has 1 aromatic rings. The Hall–Kier alpha value is -1.87. The van der Waals surface area contributed by atoms with E-state index in [0.717, 1.165) is 22.7 Å². The fourth-order valence-electron chi connectivity index (χ4n) is 3.00. The van der Waals surface area contributed by atoms with Gasteiger partial charge in [-0.05, 0) is 18.6 Å². The Morgan fingerprint density at radius 3 is 2.32 bits per heavy atom. The minimum atomic E-state index is -3.58. The van der Waals surface area contributed by atoms with E-state index >= 15 is 0 Å². The Morgan fingerprint density at radius 1 is 1.28 bits per heavy atom. The molecule has 0 heterocycles. The normalized spacial score (nSPS) is 16.8.